The van der Waals surface area contributed by atoms with Gasteiger partial charge in [-0.05, 0) is 50.1 Å². The molecule has 3 heterocycles. The molecule has 0 saturated heterocycles. The minimum Gasteiger partial charge on any atom is -0.493 e. The molecule has 182 valence electrons. The Kier molecular flexibility index (Phi) is 6.07. The highest BCUT2D eigenvalue weighted by Gasteiger charge is 2.19. The molecule has 0 fully saturated rings. The molecule has 3 aromatic heterocycles. The monoisotopic (exact) mass is 483 g/mol. The van der Waals surface area contributed by atoms with Gasteiger partial charge >= 0.3 is 0 Å². The minimum absolute atomic E-state index is 0.200. The molecule has 10 heteroatoms. The molecule has 0 aliphatic rings. The Morgan fingerprint density at radius 1 is 1.00 bits per heavy atom. The number of carbonyl (C=O) groups excluding carboxylic acids is 1. The second kappa shape index (κ2) is 9.49. The van der Waals surface area contributed by atoms with Crippen LogP contribution in [0.2, 0.25) is 0 Å². The highest BCUT2D eigenvalue weighted by molar-refractivity contribution is 5.92. The van der Waals surface area contributed by atoms with E-state index in [0.717, 1.165) is 16.8 Å². The lowest BCUT2D eigenvalue weighted by Crippen LogP contribution is -2.22. The van der Waals surface area contributed by atoms with Crippen LogP contribution in [0.25, 0.3) is 22.5 Å². The number of aromatic nitrogens is 6. The molecule has 10 nitrogen and oxygen atoms in total. The summed E-state index contributed by atoms with van der Waals surface area (Å²) in [5, 5.41) is 12.7. The van der Waals surface area contributed by atoms with Crippen LogP contribution in [0.15, 0.2) is 61.1 Å². The third-order valence-electron chi connectivity index (χ3n) is 5.88. The van der Waals surface area contributed by atoms with E-state index in [1.54, 1.807) is 40.9 Å². The van der Waals surface area contributed by atoms with Crippen LogP contribution < -0.4 is 14.8 Å². The molecular weight excluding hydrogens is 458 g/mol. The molecule has 36 heavy (non-hydrogen) atoms. The molecule has 0 spiro atoms. The predicted molar refractivity (Wildman–Crippen MR) is 135 cm³/mol. The smallest absolute Gasteiger partial charge is 0.263 e. The second-order valence-electron chi connectivity index (χ2n) is 8.28. The summed E-state index contributed by atoms with van der Waals surface area (Å²) in [6.45, 7) is 5.76. The van der Waals surface area contributed by atoms with Gasteiger partial charge in [0.2, 0.25) is 0 Å². The summed E-state index contributed by atoms with van der Waals surface area (Å²) in [4.78, 5) is 21.7. The number of ether oxygens (including phenoxy) is 2. The Labute approximate surface area is 207 Å². The van der Waals surface area contributed by atoms with Crippen molar-refractivity contribution in [3.05, 3.63) is 77.9 Å². The van der Waals surface area contributed by atoms with Crippen molar-refractivity contribution in [2.45, 2.75) is 20.8 Å². The highest BCUT2D eigenvalue weighted by atomic mass is 16.5. The Balaban J connectivity index is 1.45. The first-order chi connectivity index (χ1) is 17.5. The standard InChI is InChI=1S/C26H25N7O3/c1-16-8-7-9-20(18(16)3)32-25-19(13-29-32)26(28-15-27-25)33-23(12-17(2)31-33)30-24(34)14-36-22-11-6-5-10-21(22)35-4/h5-13,15H,14H2,1-4H3,(H,30,34). The molecule has 0 aliphatic heterocycles. The fourth-order valence-electron chi connectivity index (χ4n) is 3.95. The number of rotatable bonds is 7. The number of amides is 1. The summed E-state index contributed by atoms with van der Waals surface area (Å²) in [6, 6.07) is 15.0. The number of anilines is 1. The van der Waals surface area contributed by atoms with Crippen molar-refractivity contribution < 1.29 is 14.3 Å². The van der Waals surface area contributed by atoms with Gasteiger partial charge in [0.15, 0.2) is 29.6 Å². The fraction of sp³-hybridized carbons (Fsp3) is 0.192. The van der Waals surface area contributed by atoms with E-state index in [-0.39, 0.29) is 12.5 Å². The van der Waals surface area contributed by atoms with Crippen LogP contribution in [0.5, 0.6) is 11.5 Å². The number of carbonyl (C=O) groups is 1. The van der Waals surface area contributed by atoms with E-state index >= 15 is 0 Å². The van der Waals surface area contributed by atoms with Crippen molar-refractivity contribution >= 4 is 22.8 Å². The zero-order valence-corrected chi connectivity index (χ0v) is 20.4. The van der Waals surface area contributed by atoms with Gasteiger partial charge in [0.25, 0.3) is 5.91 Å². The average Bonchev–Trinajstić information content (AvgIpc) is 3.47. The summed E-state index contributed by atoms with van der Waals surface area (Å²) in [5.41, 5.74) is 4.56. The van der Waals surface area contributed by atoms with Gasteiger partial charge in [-0.25, -0.2) is 14.6 Å². The molecule has 0 unspecified atom stereocenters. The molecule has 0 radical (unpaired) electrons. The van der Waals surface area contributed by atoms with E-state index in [2.05, 4.69) is 45.4 Å². The minimum atomic E-state index is -0.349. The van der Waals surface area contributed by atoms with Crippen LogP contribution in [0.3, 0.4) is 0 Å². The van der Waals surface area contributed by atoms with E-state index in [9.17, 15) is 4.79 Å². The maximum absolute atomic E-state index is 12.7. The van der Waals surface area contributed by atoms with E-state index in [0.29, 0.717) is 39.9 Å². The summed E-state index contributed by atoms with van der Waals surface area (Å²) in [6.07, 6.45) is 3.17. The van der Waals surface area contributed by atoms with Gasteiger partial charge in [0, 0.05) is 6.07 Å². The van der Waals surface area contributed by atoms with Crippen molar-refractivity contribution in [3.8, 4) is 23.0 Å². The SMILES string of the molecule is COc1ccccc1OCC(=O)Nc1cc(C)nn1-c1ncnc2c1cnn2-c1cccc(C)c1C. The van der Waals surface area contributed by atoms with Crippen LogP contribution in [0.1, 0.15) is 16.8 Å². The van der Waals surface area contributed by atoms with Gasteiger partial charge in [0.1, 0.15) is 12.1 Å². The van der Waals surface area contributed by atoms with Gasteiger partial charge in [-0.15, -0.1) is 0 Å². The summed E-state index contributed by atoms with van der Waals surface area (Å²) >= 11 is 0. The molecule has 1 N–H and O–H groups in total. The zero-order chi connectivity index (χ0) is 25.2. The van der Waals surface area contributed by atoms with E-state index in [1.807, 2.05) is 31.2 Å². The average molecular weight is 484 g/mol. The van der Waals surface area contributed by atoms with Gasteiger partial charge in [-0.2, -0.15) is 14.9 Å². The highest BCUT2D eigenvalue weighted by Crippen LogP contribution is 2.27. The summed E-state index contributed by atoms with van der Waals surface area (Å²) in [5.74, 6) is 1.65. The molecule has 0 aliphatic carbocycles. The van der Waals surface area contributed by atoms with E-state index in [4.69, 9.17) is 9.47 Å². The van der Waals surface area contributed by atoms with Crippen molar-refractivity contribution in [2.75, 3.05) is 19.0 Å². The van der Waals surface area contributed by atoms with E-state index in [1.165, 1.54) is 6.33 Å². The first-order valence-corrected chi connectivity index (χ1v) is 11.3. The largest absolute Gasteiger partial charge is 0.493 e. The first-order valence-electron chi connectivity index (χ1n) is 11.3. The lowest BCUT2D eigenvalue weighted by atomic mass is 10.1. The topological polar surface area (TPSA) is 109 Å². The van der Waals surface area contributed by atoms with Crippen molar-refractivity contribution in [3.63, 3.8) is 0 Å². The van der Waals surface area contributed by atoms with Crippen LogP contribution in [0, 0.1) is 20.8 Å². The van der Waals surface area contributed by atoms with Gasteiger partial charge < -0.3 is 14.8 Å². The zero-order valence-electron chi connectivity index (χ0n) is 20.4. The Morgan fingerprint density at radius 2 is 1.81 bits per heavy atom. The Bertz CT molecular complexity index is 1570. The first kappa shape index (κ1) is 23.0. The molecule has 0 bridgehead atoms. The summed E-state index contributed by atoms with van der Waals surface area (Å²) in [7, 11) is 1.55. The van der Waals surface area contributed by atoms with Crippen LogP contribution in [0.4, 0.5) is 5.82 Å². The number of nitrogens with one attached hydrogen (secondary N) is 1. The molecule has 2 aromatic carbocycles. The Morgan fingerprint density at radius 3 is 2.61 bits per heavy atom. The van der Waals surface area contributed by atoms with Crippen LogP contribution in [-0.2, 0) is 4.79 Å². The third-order valence-corrected chi connectivity index (χ3v) is 5.88. The van der Waals surface area contributed by atoms with Crippen molar-refractivity contribution in [2.24, 2.45) is 0 Å². The third kappa shape index (κ3) is 4.24. The molecule has 0 atom stereocenters. The normalized spacial score (nSPS) is 11.0. The number of nitrogens with zero attached hydrogens (tertiary/aromatic N) is 6. The number of fused-ring (bicyclic) bond motifs is 1. The van der Waals surface area contributed by atoms with Crippen molar-refractivity contribution in [1.82, 2.24) is 29.5 Å². The maximum Gasteiger partial charge on any atom is 0.263 e. The fourth-order valence-corrected chi connectivity index (χ4v) is 3.95. The summed E-state index contributed by atoms with van der Waals surface area (Å²) < 4.78 is 14.3. The molecule has 5 aromatic rings. The van der Waals surface area contributed by atoms with Gasteiger partial charge in [-0.1, -0.05) is 24.3 Å². The molecule has 5 rings (SSSR count). The molecular formula is C26H25N7O3. The quantitative estimate of drug-likeness (QED) is 0.373. The number of benzene rings is 2. The second-order valence-corrected chi connectivity index (χ2v) is 8.28. The lowest BCUT2D eigenvalue weighted by molar-refractivity contribution is -0.118. The number of hydrogen-bond donors (Lipinski definition) is 1. The molecule has 0 saturated carbocycles. The van der Waals surface area contributed by atoms with Crippen molar-refractivity contribution in [1.29, 1.82) is 0 Å². The number of hydrogen-bond acceptors (Lipinski definition) is 7. The van der Waals surface area contributed by atoms with Gasteiger partial charge in [-0.3, -0.25) is 4.79 Å². The maximum atomic E-state index is 12.7. The predicted octanol–water partition coefficient (Wildman–Crippen LogP) is 3.95. The number of methoxy groups -OCH3 is 1. The van der Waals surface area contributed by atoms with E-state index < -0.39 is 0 Å². The van der Waals surface area contributed by atoms with Crippen LogP contribution >= 0.6 is 0 Å². The number of aryl methyl sites for hydroxylation is 2. The number of para-hydroxylation sites is 2. The van der Waals surface area contributed by atoms with Gasteiger partial charge in [0.05, 0.1) is 30.1 Å². The molecule has 1 amide bonds. The lowest BCUT2D eigenvalue weighted by Gasteiger charge is -2.12. The Hall–Kier alpha value is -4.73. The van der Waals surface area contributed by atoms with Crippen LogP contribution in [-0.4, -0.2) is 49.2 Å².